The summed E-state index contributed by atoms with van der Waals surface area (Å²) in [7, 11) is -3.82. The molecular formula is C19H22ClFN2O3S. The third kappa shape index (κ3) is 4.99. The number of nitrogens with one attached hydrogen (secondary N) is 1. The first-order valence-corrected chi connectivity index (χ1v) is 10.7. The number of nitrogens with zero attached hydrogens (tertiary/aromatic N) is 1. The molecule has 0 saturated carbocycles. The van der Waals surface area contributed by atoms with Crippen LogP contribution in [0.4, 0.5) is 15.8 Å². The smallest absolute Gasteiger partial charge is 0.248 e. The van der Waals surface area contributed by atoms with Crippen LogP contribution in [0.3, 0.4) is 0 Å². The molecule has 1 atom stereocenters. The lowest BCUT2D eigenvalue weighted by Gasteiger charge is -2.30. The number of hydrogen-bond acceptors (Lipinski definition) is 3. The van der Waals surface area contributed by atoms with E-state index in [0.29, 0.717) is 5.69 Å². The predicted octanol–water partition coefficient (Wildman–Crippen LogP) is 4.22. The number of halogens is 2. The molecular weight excluding hydrogens is 391 g/mol. The second-order valence-corrected chi connectivity index (χ2v) is 8.35. The molecule has 0 bridgehead atoms. The molecule has 27 heavy (non-hydrogen) atoms. The number of carbonyl (C=O) groups excluding carboxylic acids is 1. The number of hydrogen-bond donors (Lipinski definition) is 1. The van der Waals surface area contributed by atoms with Gasteiger partial charge < -0.3 is 5.32 Å². The first-order valence-electron chi connectivity index (χ1n) is 8.52. The summed E-state index contributed by atoms with van der Waals surface area (Å²) in [6, 6.07) is 9.89. The second kappa shape index (κ2) is 8.71. The molecule has 0 aliphatic heterocycles. The molecule has 2 aromatic carbocycles. The maximum Gasteiger partial charge on any atom is 0.248 e. The molecule has 0 unspecified atom stereocenters. The lowest BCUT2D eigenvalue weighted by atomic mass is 10.1. The highest BCUT2D eigenvalue weighted by Crippen LogP contribution is 2.28. The van der Waals surface area contributed by atoms with Gasteiger partial charge in [-0.25, -0.2) is 12.8 Å². The monoisotopic (exact) mass is 412 g/mol. The highest BCUT2D eigenvalue weighted by atomic mass is 35.5. The minimum Gasteiger partial charge on any atom is -0.324 e. The van der Waals surface area contributed by atoms with E-state index < -0.39 is 27.8 Å². The fraction of sp³-hybridized carbons (Fsp3) is 0.316. The zero-order valence-corrected chi connectivity index (χ0v) is 16.9. The number of carbonyl (C=O) groups is 1. The van der Waals surface area contributed by atoms with Crippen LogP contribution in [0.15, 0.2) is 42.5 Å². The van der Waals surface area contributed by atoms with Gasteiger partial charge in [0.1, 0.15) is 11.9 Å². The van der Waals surface area contributed by atoms with Crippen LogP contribution >= 0.6 is 11.6 Å². The second-order valence-electron chi connectivity index (χ2n) is 6.08. The molecule has 0 aromatic heterocycles. The zero-order valence-electron chi connectivity index (χ0n) is 15.4. The quantitative estimate of drug-likeness (QED) is 0.740. The van der Waals surface area contributed by atoms with Crippen molar-refractivity contribution in [3.63, 3.8) is 0 Å². The van der Waals surface area contributed by atoms with E-state index in [0.717, 1.165) is 28.6 Å². The normalized spacial score (nSPS) is 12.5. The summed E-state index contributed by atoms with van der Waals surface area (Å²) in [4.78, 5) is 12.9. The van der Waals surface area contributed by atoms with E-state index in [1.165, 1.54) is 12.1 Å². The van der Waals surface area contributed by atoms with E-state index >= 15 is 0 Å². The molecule has 8 heteroatoms. The molecule has 0 saturated heterocycles. The fourth-order valence-corrected chi connectivity index (χ4v) is 4.23. The molecule has 0 fully saturated rings. The number of benzene rings is 2. The van der Waals surface area contributed by atoms with Gasteiger partial charge >= 0.3 is 0 Å². The van der Waals surface area contributed by atoms with Crippen LogP contribution in [0.25, 0.3) is 0 Å². The SMILES string of the molecule is CCc1ccccc1NC(=O)[C@H](CC)N(c1ccc(F)c(Cl)c1)S(C)(=O)=O. The Morgan fingerprint density at radius 3 is 2.44 bits per heavy atom. The standard InChI is InChI=1S/C19H22ClFN2O3S/c1-4-13-8-6-7-9-17(13)22-19(24)18(5-2)23(27(3,25)26)14-10-11-16(21)15(20)12-14/h6-12,18H,4-5H2,1-3H3,(H,22,24)/t18-/m0/s1. The molecule has 0 aliphatic carbocycles. The lowest BCUT2D eigenvalue weighted by Crippen LogP contribution is -2.47. The van der Waals surface area contributed by atoms with Gasteiger partial charge in [0.05, 0.1) is 17.0 Å². The highest BCUT2D eigenvalue weighted by molar-refractivity contribution is 7.92. The van der Waals surface area contributed by atoms with Crippen LogP contribution in [0.1, 0.15) is 25.8 Å². The summed E-state index contributed by atoms with van der Waals surface area (Å²) in [5.74, 6) is -1.13. The summed E-state index contributed by atoms with van der Waals surface area (Å²) in [5.41, 5.74) is 1.71. The highest BCUT2D eigenvalue weighted by Gasteiger charge is 2.32. The predicted molar refractivity (Wildman–Crippen MR) is 107 cm³/mol. The third-order valence-electron chi connectivity index (χ3n) is 4.14. The number of para-hydroxylation sites is 1. The number of rotatable bonds is 7. The Labute approximate surface area is 164 Å². The van der Waals surface area contributed by atoms with Crippen molar-refractivity contribution < 1.29 is 17.6 Å². The van der Waals surface area contributed by atoms with Crippen molar-refractivity contribution in [1.29, 1.82) is 0 Å². The minimum atomic E-state index is -3.82. The first kappa shape index (κ1) is 21.2. The van der Waals surface area contributed by atoms with Crippen molar-refractivity contribution in [1.82, 2.24) is 0 Å². The van der Waals surface area contributed by atoms with Gasteiger partial charge in [-0.15, -0.1) is 0 Å². The van der Waals surface area contributed by atoms with Crippen molar-refractivity contribution in [3.8, 4) is 0 Å². The Hall–Kier alpha value is -2.12. The lowest BCUT2D eigenvalue weighted by molar-refractivity contribution is -0.117. The van der Waals surface area contributed by atoms with Crippen LogP contribution in [0.2, 0.25) is 5.02 Å². The average Bonchev–Trinajstić information content (AvgIpc) is 2.61. The van der Waals surface area contributed by atoms with Gasteiger partial charge in [0.15, 0.2) is 0 Å². The zero-order chi connectivity index (χ0) is 20.2. The summed E-state index contributed by atoms with van der Waals surface area (Å²) in [6.45, 7) is 3.67. The van der Waals surface area contributed by atoms with E-state index in [1.807, 2.05) is 19.1 Å². The van der Waals surface area contributed by atoms with Crippen LogP contribution in [0, 0.1) is 5.82 Å². The number of anilines is 2. The molecule has 0 aliphatic rings. The Balaban J connectivity index is 2.43. The maximum atomic E-state index is 13.5. The van der Waals surface area contributed by atoms with Crippen molar-refractivity contribution in [2.75, 3.05) is 15.9 Å². The Morgan fingerprint density at radius 1 is 1.22 bits per heavy atom. The van der Waals surface area contributed by atoms with E-state index in [1.54, 1.807) is 19.1 Å². The van der Waals surface area contributed by atoms with Crippen LogP contribution in [-0.4, -0.2) is 26.6 Å². The summed E-state index contributed by atoms with van der Waals surface area (Å²) < 4.78 is 39.3. The molecule has 0 spiro atoms. The van der Waals surface area contributed by atoms with E-state index in [2.05, 4.69) is 5.32 Å². The van der Waals surface area contributed by atoms with Crippen molar-refractivity contribution in [3.05, 3.63) is 58.9 Å². The molecule has 0 radical (unpaired) electrons. The Bertz CT molecular complexity index is 934. The minimum absolute atomic E-state index is 0.134. The van der Waals surface area contributed by atoms with Gasteiger partial charge in [0, 0.05) is 5.69 Å². The Morgan fingerprint density at radius 2 is 1.89 bits per heavy atom. The Kier molecular flexibility index (Phi) is 6.84. The van der Waals surface area contributed by atoms with Crippen molar-refractivity contribution in [2.45, 2.75) is 32.7 Å². The van der Waals surface area contributed by atoms with Gasteiger partial charge in [-0.2, -0.15) is 0 Å². The van der Waals surface area contributed by atoms with Crippen LogP contribution in [-0.2, 0) is 21.2 Å². The number of sulfonamides is 1. The van der Waals surface area contributed by atoms with Gasteiger partial charge in [-0.3, -0.25) is 9.10 Å². The van der Waals surface area contributed by atoms with Crippen LogP contribution < -0.4 is 9.62 Å². The summed E-state index contributed by atoms with van der Waals surface area (Å²) in [5, 5.41) is 2.59. The van der Waals surface area contributed by atoms with Crippen molar-refractivity contribution >= 4 is 38.9 Å². The van der Waals surface area contributed by atoms with Gasteiger partial charge in [-0.05, 0) is 42.7 Å². The topological polar surface area (TPSA) is 66.5 Å². The van der Waals surface area contributed by atoms with E-state index in [-0.39, 0.29) is 17.1 Å². The summed E-state index contributed by atoms with van der Waals surface area (Å²) in [6.07, 6.45) is 1.94. The molecule has 1 N–H and O–H groups in total. The summed E-state index contributed by atoms with van der Waals surface area (Å²) >= 11 is 5.81. The molecule has 1 amide bonds. The van der Waals surface area contributed by atoms with Crippen molar-refractivity contribution in [2.24, 2.45) is 0 Å². The van der Waals surface area contributed by atoms with Gasteiger partial charge in [0.25, 0.3) is 0 Å². The van der Waals surface area contributed by atoms with Gasteiger partial charge in [-0.1, -0.05) is 43.6 Å². The van der Waals surface area contributed by atoms with Gasteiger partial charge in [0.2, 0.25) is 15.9 Å². The van der Waals surface area contributed by atoms with Crippen LogP contribution in [0.5, 0.6) is 0 Å². The molecule has 146 valence electrons. The number of aryl methyl sites for hydroxylation is 1. The maximum absolute atomic E-state index is 13.5. The van der Waals surface area contributed by atoms with E-state index in [9.17, 15) is 17.6 Å². The first-order chi connectivity index (χ1) is 12.7. The van der Waals surface area contributed by atoms with E-state index in [4.69, 9.17) is 11.6 Å². The molecule has 2 aromatic rings. The molecule has 0 heterocycles. The fourth-order valence-electron chi connectivity index (χ4n) is 2.85. The third-order valence-corrected chi connectivity index (χ3v) is 5.61. The number of amides is 1. The average molecular weight is 413 g/mol. The molecule has 5 nitrogen and oxygen atoms in total. The largest absolute Gasteiger partial charge is 0.324 e. The molecule has 2 rings (SSSR count).